The molecule has 0 rings (SSSR count). The molecule has 0 atom stereocenters. The summed E-state index contributed by atoms with van der Waals surface area (Å²) in [5.41, 5.74) is 0. The molecule has 0 aliphatic rings. The molecule has 23 heavy (non-hydrogen) atoms. The Morgan fingerprint density at radius 3 is 1.65 bits per heavy atom. The Balaban J connectivity index is 3.15. The Labute approximate surface area is 145 Å². The van der Waals surface area contributed by atoms with Crippen LogP contribution in [0.2, 0.25) is 0 Å². The number of hydrogen-bond acceptors (Lipinski definition) is 1. The normalized spacial score (nSPS) is 11.3. The van der Waals surface area contributed by atoms with Crippen LogP contribution in [0.3, 0.4) is 0 Å². The molecule has 136 valence electrons. The summed E-state index contributed by atoms with van der Waals surface area (Å²) in [6.07, 6.45) is 23.4. The van der Waals surface area contributed by atoms with Gasteiger partial charge in [-0.1, -0.05) is 76.9 Å². The van der Waals surface area contributed by atoms with Gasteiger partial charge in [-0.3, -0.25) is 4.79 Å². The van der Waals surface area contributed by atoms with E-state index in [0.29, 0.717) is 0 Å². The summed E-state index contributed by atoms with van der Waals surface area (Å²) in [5, 5.41) is 0. The van der Waals surface area contributed by atoms with E-state index in [1.807, 2.05) is 11.9 Å². The second kappa shape index (κ2) is 17.6. The van der Waals surface area contributed by atoms with E-state index < -0.39 is 0 Å². The van der Waals surface area contributed by atoms with E-state index in [2.05, 4.69) is 19.1 Å². The molecule has 0 unspecified atom stereocenters. The quantitative estimate of drug-likeness (QED) is 0.234. The van der Waals surface area contributed by atoms with Gasteiger partial charge >= 0.3 is 0 Å². The first kappa shape index (κ1) is 22.2. The van der Waals surface area contributed by atoms with Gasteiger partial charge in [-0.15, -0.1) is 0 Å². The minimum Gasteiger partial charge on any atom is -0.346 e. The van der Waals surface area contributed by atoms with Gasteiger partial charge in [0.25, 0.3) is 0 Å². The molecule has 2 nitrogen and oxygen atoms in total. The van der Waals surface area contributed by atoms with E-state index in [9.17, 15) is 4.79 Å². The number of allylic oxidation sites excluding steroid dienone is 2. The Hall–Kier alpha value is -0.790. The monoisotopic (exact) mass is 323 g/mol. The molecule has 0 aliphatic carbocycles. The molecule has 0 fully saturated rings. The SMILES string of the molecule is CCCCCCCCC=CCCCCCCCCN(C)C(C)=O. The lowest BCUT2D eigenvalue weighted by Crippen LogP contribution is -2.24. The highest BCUT2D eigenvalue weighted by Gasteiger charge is 2.00. The van der Waals surface area contributed by atoms with Crippen molar-refractivity contribution in [2.75, 3.05) is 13.6 Å². The van der Waals surface area contributed by atoms with Crippen LogP contribution >= 0.6 is 0 Å². The zero-order chi connectivity index (χ0) is 17.2. The van der Waals surface area contributed by atoms with E-state index in [0.717, 1.165) is 13.0 Å². The summed E-state index contributed by atoms with van der Waals surface area (Å²) in [4.78, 5) is 12.9. The number of carbonyl (C=O) groups is 1. The molecule has 0 aromatic heterocycles. The topological polar surface area (TPSA) is 20.3 Å². The third-order valence-electron chi connectivity index (χ3n) is 4.54. The number of rotatable bonds is 16. The number of nitrogens with zero attached hydrogens (tertiary/aromatic N) is 1. The average Bonchev–Trinajstić information content (AvgIpc) is 2.54. The minimum atomic E-state index is 0.178. The molecule has 0 saturated heterocycles. The standard InChI is InChI=1S/C21H41NO/c1-4-5-6-7-8-9-10-11-12-13-14-15-16-17-18-19-20-22(3)21(2)23/h11-12H,4-10,13-20H2,1-3H3. The summed E-state index contributed by atoms with van der Waals surface area (Å²) in [6, 6.07) is 0. The van der Waals surface area contributed by atoms with Crippen molar-refractivity contribution in [1.29, 1.82) is 0 Å². The third kappa shape index (κ3) is 17.4. The van der Waals surface area contributed by atoms with E-state index in [-0.39, 0.29) is 5.91 Å². The molecule has 0 heterocycles. The zero-order valence-electron chi connectivity index (χ0n) is 16.1. The fraction of sp³-hybridized carbons (Fsp3) is 0.857. The fourth-order valence-electron chi connectivity index (χ4n) is 2.75. The molecule has 0 saturated carbocycles. The molecule has 0 aliphatic heterocycles. The molecule has 1 amide bonds. The minimum absolute atomic E-state index is 0.178. The van der Waals surface area contributed by atoms with Crippen molar-refractivity contribution in [1.82, 2.24) is 4.90 Å². The predicted octanol–water partition coefficient (Wildman–Crippen LogP) is 6.50. The van der Waals surface area contributed by atoms with Crippen LogP contribution in [0.1, 0.15) is 104 Å². The van der Waals surface area contributed by atoms with E-state index in [4.69, 9.17) is 0 Å². The Kier molecular flexibility index (Phi) is 17.0. The smallest absolute Gasteiger partial charge is 0.219 e. The number of carbonyl (C=O) groups excluding carboxylic acids is 1. The van der Waals surface area contributed by atoms with E-state index in [1.165, 1.54) is 83.5 Å². The number of unbranched alkanes of at least 4 members (excludes halogenated alkanes) is 12. The van der Waals surface area contributed by atoms with Gasteiger partial charge in [-0.2, -0.15) is 0 Å². The highest BCUT2D eigenvalue weighted by Crippen LogP contribution is 2.10. The predicted molar refractivity (Wildman–Crippen MR) is 103 cm³/mol. The third-order valence-corrected chi connectivity index (χ3v) is 4.54. The Morgan fingerprint density at radius 2 is 1.17 bits per heavy atom. The highest BCUT2D eigenvalue weighted by atomic mass is 16.2. The molecule has 0 spiro atoms. The molecule has 0 aromatic carbocycles. The Morgan fingerprint density at radius 1 is 0.739 bits per heavy atom. The average molecular weight is 324 g/mol. The zero-order valence-corrected chi connectivity index (χ0v) is 16.1. The Bertz CT molecular complexity index is 286. The maximum atomic E-state index is 11.1. The van der Waals surface area contributed by atoms with Crippen molar-refractivity contribution >= 4 is 5.91 Å². The van der Waals surface area contributed by atoms with E-state index in [1.54, 1.807) is 6.92 Å². The first-order valence-electron chi connectivity index (χ1n) is 10.0. The van der Waals surface area contributed by atoms with Gasteiger partial charge in [0.15, 0.2) is 0 Å². The van der Waals surface area contributed by atoms with Crippen LogP contribution in [0.5, 0.6) is 0 Å². The first-order chi connectivity index (χ1) is 11.2. The van der Waals surface area contributed by atoms with Crippen molar-refractivity contribution in [3.8, 4) is 0 Å². The van der Waals surface area contributed by atoms with E-state index >= 15 is 0 Å². The lowest BCUT2D eigenvalue weighted by molar-refractivity contribution is -0.127. The van der Waals surface area contributed by atoms with Crippen LogP contribution in [0.25, 0.3) is 0 Å². The van der Waals surface area contributed by atoms with Crippen molar-refractivity contribution in [3.63, 3.8) is 0 Å². The van der Waals surface area contributed by atoms with Crippen LogP contribution in [0, 0.1) is 0 Å². The van der Waals surface area contributed by atoms with Crippen LogP contribution in [0.15, 0.2) is 12.2 Å². The van der Waals surface area contributed by atoms with Gasteiger partial charge in [0.2, 0.25) is 5.91 Å². The largest absolute Gasteiger partial charge is 0.346 e. The highest BCUT2D eigenvalue weighted by molar-refractivity contribution is 5.72. The van der Waals surface area contributed by atoms with Gasteiger partial charge in [0, 0.05) is 20.5 Å². The van der Waals surface area contributed by atoms with Gasteiger partial charge in [0.1, 0.15) is 0 Å². The number of hydrogen-bond donors (Lipinski definition) is 0. The fourth-order valence-corrected chi connectivity index (χ4v) is 2.75. The molecule has 0 N–H and O–H groups in total. The first-order valence-corrected chi connectivity index (χ1v) is 10.0. The molecule has 2 heteroatoms. The summed E-state index contributed by atoms with van der Waals surface area (Å²) < 4.78 is 0. The summed E-state index contributed by atoms with van der Waals surface area (Å²) in [6.45, 7) is 4.83. The van der Waals surface area contributed by atoms with Crippen LogP contribution in [-0.2, 0) is 4.79 Å². The molecule has 0 aromatic rings. The summed E-state index contributed by atoms with van der Waals surface area (Å²) >= 11 is 0. The lowest BCUT2D eigenvalue weighted by Gasteiger charge is -2.13. The molecule has 0 bridgehead atoms. The van der Waals surface area contributed by atoms with Crippen molar-refractivity contribution in [2.45, 2.75) is 104 Å². The number of amides is 1. The van der Waals surface area contributed by atoms with Crippen LogP contribution < -0.4 is 0 Å². The maximum absolute atomic E-state index is 11.1. The molecular weight excluding hydrogens is 282 g/mol. The van der Waals surface area contributed by atoms with Crippen LogP contribution in [0.4, 0.5) is 0 Å². The van der Waals surface area contributed by atoms with Gasteiger partial charge < -0.3 is 4.90 Å². The van der Waals surface area contributed by atoms with Crippen molar-refractivity contribution < 1.29 is 4.79 Å². The molecule has 0 radical (unpaired) electrons. The second-order valence-electron chi connectivity index (χ2n) is 6.88. The maximum Gasteiger partial charge on any atom is 0.219 e. The van der Waals surface area contributed by atoms with Gasteiger partial charge in [-0.05, 0) is 32.1 Å². The summed E-state index contributed by atoms with van der Waals surface area (Å²) in [5.74, 6) is 0.178. The van der Waals surface area contributed by atoms with Gasteiger partial charge in [-0.25, -0.2) is 0 Å². The summed E-state index contributed by atoms with van der Waals surface area (Å²) in [7, 11) is 1.89. The van der Waals surface area contributed by atoms with Crippen molar-refractivity contribution in [3.05, 3.63) is 12.2 Å². The second-order valence-corrected chi connectivity index (χ2v) is 6.88. The lowest BCUT2D eigenvalue weighted by atomic mass is 10.1. The molecular formula is C21H41NO. The van der Waals surface area contributed by atoms with Gasteiger partial charge in [0.05, 0.1) is 0 Å². The van der Waals surface area contributed by atoms with Crippen LogP contribution in [-0.4, -0.2) is 24.4 Å². The van der Waals surface area contributed by atoms with Crippen molar-refractivity contribution in [2.24, 2.45) is 0 Å².